The van der Waals surface area contributed by atoms with E-state index in [1.54, 1.807) is 0 Å². The average Bonchev–Trinajstić information content (AvgIpc) is 2.09. The van der Waals surface area contributed by atoms with E-state index < -0.39 is 11.7 Å². The van der Waals surface area contributed by atoms with Gasteiger partial charge in [0.25, 0.3) is 5.91 Å². The van der Waals surface area contributed by atoms with Crippen LogP contribution in [0.2, 0.25) is 5.02 Å². The smallest absolute Gasteiger partial charge is 0.255 e. The number of rotatable bonds is 3. The summed E-state index contributed by atoms with van der Waals surface area (Å²) in [6.45, 7) is -0.356. The maximum Gasteiger partial charge on any atom is 0.255 e. The van der Waals surface area contributed by atoms with Crippen LogP contribution in [0.15, 0.2) is 12.1 Å². The second-order valence-corrected chi connectivity index (χ2v) is 2.97. The SMILES string of the molecule is NC(=O)COc1cc(F)c(Cl)cc1N. The molecule has 6 heteroatoms. The van der Waals surface area contributed by atoms with Crippen LogP contribution in [0.1, 0.15) is 0 Å². The van der Waals surface area contributed by atoms with E-state index in [2.05, 4.69) is 0 Å². The minimum atomic E-state index is -0.667. The Morgan fingerprint density at radius 3 is 2.79 bits per heavy atom. The van der Waals surface area contributed by atoms with Crippen molar-refractivity contribution in [2.75, 3.05) is 12.3 Å². The molecule has 0 saturated heterocycles. The zero-order valence-electron chi connectivity index (χ0n) is 7.09. The number of halogens is 2. The van der Waals surface area contributed by atoms with Crippen LogP contribution in [0.4, 0.5) is 10.1 Å². The summed E-state index contributed by atoms with van der Waals surface area (Å²) in [5.74, 6) is -1.29. The van der Waals surface area contributed by atoms with Crippen LogP contribution in [0.3, 0.4) is 0 Å². The van der Waals surface area contributed by atoms with Crippen LogP contribution in [0.25, 0.3) is 0 Å². The lowest BCUT2D eigenvalue weighted by Gasteiger charge is -2.07. The molecule has 14 heavy (non-hydrogen) atoms. The van der Waals surface area contributed by atoms with Crippen molar-refractivity contribution in [3.8, 4) is 5.75 Å². The lowest BCUT2D eigenvalue weighted by molar-refractivity contribution is -0.119. The first-order chi connectivity index (χ1) is 6.50. The van der Waals surface area contributed by atoms with Crippen molar-refractivity contribution >= 4 is 23.2 Å². The van der Waals surface area contributed by atoms with Gasteiger partial charge in [-0.2, -0.15) is 0 Å². The van der Waals surface area contributed by atoms with Gasteiger partial charge in [-0.3, -0.25) is 4.79 Å². The number of nitrogen functional groups attached to an aromatic ring is 1. The van der Waals surface area contributed by atoms with Crippen LogP contribution >= 0.6 is 11.6 Å². The summed E-state index contributed by atoms with van der Waals surface area (Å²) in [6.07, 6.45) is 0. The first-order valence-electron chi connectivity index (χ1n) is 3.66. The van der Waals surface area contributed by atoms with E-state index in [0.717, 1.165) is 6.07 Å². The third-order valence-corrected chi connectivity index (χ3v) is 1.71. The summed E-state index contributed by atoms with van der Waals surface area (Å²) >= 11 is 5.45. The molecule has 0 atom stereocenters. The van der Waals surface area contributed by atoms with E-state index in [9.17, 15) is 9.18 Å². The third kappa shape index (κ3) is 2.50. The molecule has 4 nitrogen and oxygen atoms in total. The number of benzene rings is 1. The monoisotopic (exact) mass is 218 g/mol. The summed E-state index contributed by atoms with van der Waals surface area (Å²) < 4.78 is 17.7. The fraction of sp³-hybridized carbons (Fsp3) is 0.125. The fourth-order valence-electron chi connectivity index (χ4n) is 0.818. The summed E-state index contributed by atoms with van der Waals surface area (Å²) in [5.41, 5.74) is 10.4. The number of carbonyl (C=O) groups is 1. The molecule has 0 spiro atoms. The van der Waals surface area contributed by atoms with Crippen molar-refractivity contribution < 1.29 is 13.9 Å². The van der Waals surface area contributed by atoms with Gasteiger partial charge < -0.3 is 16.2 Å². The quantitative estimate of drug-likeness (QED) is 0.741. The zero-order valence-corrected chi connectivity index (χ0v) is 7.84. The van der Waals surface area contributed by atoms with E-state index in [4.69, 9.17) is 27.8 Å². The predicted octanol–water partition coefficient (Wildman–Crippen LogP) is 0.925. The molecule has 1 aromatic carbocycles. The first-order valence-corrected chi connectivity index (χ1v) is 4.04. The highest BCUT2D eigenvalue weighted by molar-refractivity contribution is 6.31. The number of carbonyl (C=O) groups excluding carboxylic acids is 1. The maximum absolute atomic E-state index is 12.9. The van der Waals surface area contributed by atoms with Crippen molar-refractivity contribution in [3.05, 3.63) is 23.0 Å². The molecule has 0 heterocycles. The van der Waals surface area contributed by atoms with E-state index in [0.29, 0.717) is 0 Å². The summed E-state index contributed by atoms with van der Waals surface area (Å²) in [5, 5.41) is -0.103. The van der Waals surface area contributed by atoms with Gasteiger partial charge in [0.05, 0.1) is 10.7 Å². The molecule has 1 rings (SSSR count). The van der Waals surface area contributed by atoms with Crippen LogP contribution in [0.5, 0.6) is 5.75 Å². The Morgan fingerprint density at radius 2 is 2.21 bits per heavy atom. The Bertz CT molecular complexity index is 371. The van der Waals surface area contributed by atoms with Gasteiger partial charge in [-0.1, -0.05) is 11.6 Å². The minimum absolute atomic E-state index is 0.0469. The lowest BCUT2D eigenvalue weighted by atomic mass is 10.3. The number of amides is 1. The second kappa shape index (κ2) is 4.15. The number of anilines is 1. The summed E-state index contributed by atoms with van der Waals surface area (Å²) in [6, 6.07) is 2.20. The molecule has 0 fully saturated rings. The summed E-state index contributed by atoms with van der Waals surface area (Å²) in [7, 11) is 0. The zero-order chi connectivity index (χ0) is 10.7. The molecule has 0 aliphatic heterocycles. The number of primary amides is 1. The molecule has 1 amide bonds. The van der Waals surface area contributed by atoms with Gasteiger partial charge >= 0.3 is 0 Å². The first kappa shape index (κ1) is 10.6. The lowest BCUT2D eigenvalue weighted by Crippen LogP contribution is -2.20. The maximum atomic E-state index is 12.9. The van der Waals surface area contributed by atoms with Crippen LogP contribution in [0, 0.1) is 5.82 Å². The standard InChI is InChI=1S/C8H8ClFN2O2/c9-4-1-6(11)7(2-5(4)10)14-3-8(12)13/h1-2H,3,11H2,(H2,12,13). The Labute approximate surface area is 84.6 Å². The molecule has 0 aliphatic rings. The molecule has 1 aromatic rings. The van der Waals surface area contributed by atoms with Crippen LogP contribution in [-0.4, -0.2) is 12.5 Å². The average molecular weight is 219 g/mol. The molecular formula is C8H8ClFN2O2. The summed E-state index contributed by atoms with van der Waals surface area (Å²) in [4.78, 5) is 10.4. The van der Waals surface area contributed by atoms with Crippen LogP contribution < -0.4 is 16.2 Å². The topological polar surface area (TPSA) is 78.3 Å². The number of hydrogen-bond donors (Lipinski definition) is 2. The molecule has 0 aliphatic carbocycles. The molecule has 0 radical (unpaired) electrons. The van der Waals surface area contributed by atoms with Crippen molar-refractivity contribution in [2.24, 2.45) is 5.73 Å². The number of hydrogen-bond acceptors (Lipinski definition) is 3. The van der Waals surface area contributed by atoms with E-state index in [-0.39, 0.29) is 23.1 Å². The second-order valence-electron chi connectivity index (χ2n) is 2.56. The van der Waals surface area contributed by atoms with Gasteiger partial charge in [-0.05, 0) is 6.07 Å². The number of ether oxygens (including phenoxy) is 1. The Balaban J connectivity index is 2.87. The highest BCUT2D eigenvalue weighted by Crippen LogP contribution is 2.27. The number of nitrogens with two attached hydrogens (primary N) is 2. The Morgan fingerprint density at radius 1 is 1.57 bits per heavy atom. The van der Waals surface area contributed by atoms with Gasteiger partial charge in [-0.25, -0.2) is 4.39 Å². The van der Waals surface area contributed by atoms with E-state index in [1.165, 1.54) is 6.07 Å². The highest BCUT2D eigenvalue weighted by atomic mass is 35.5. The molecule has 0 saturated carbocycles. The molecular weight excluding hydrogens is 211 g/mol. The molecule has 0 unspecified atom stereocenters. The van der Waals surface area contributed by atoms with E-state index >= 15 is 0 Å². The molecule has 0 bridgehead atoms. The van der Waals surface area contributed by atoms with Crippen molar-refractivity contribution in [1.29, 1.82) is 0 Å². The van der Waals surface area contributed by atoms with Crippen LogP contribution in [-0.2, 0) is 4.79 Å². The highest BCUT2D eigenvalue weighted by Gasteiger charge is 2.07. The Kier molecular flexibility index (Phi) is 3.14. The van der Waals surface area contributed by atoms with E-state index in [1.807, 2.05) is 0 Å². The predicted molar refractivity (Wildman–Crippen MR) is 50.5 cm³/mol. The molecule has 76 valence electrons. The normalized spacial score (nSPS) is 9.86. The molecule has 4 N–H and O–H groups in total. The van der Waals surface area contributed by atoms with Gasteiger partial charge in [0.15, 0.2) is 6.61 Å². The third-order valence-electron chi connectivity index (χ3n) is 1.42. The Hall–Kier alpha value is -1.49. The fourth-order valence-corrected chi connectivity index (χ4v) is 0.990. The van der Waals surface area contributed by atoms with Gasteiger partial charge in [0.2, 0.25) is 0 Å². The van der Waals surface area contributed by atoms with Crippen molar-refractivity contribution in [3.63, 3.8) is 0 Å². The van der Waals surface area contributed by atoms with Gasteiger partial charge in [-0.15, -0.1) is 0 Å². The van der Waals surface area contributed by atoms with Crippen molar-refractivity contribution in [1.82, 2.24) is 0 Å². The largest absolute Gasteiger partial charge is 0.482 e. The molecule has 0 aromatic heterocycles. The van der Waals surface area contributed by atoms with Gasteiger partial charge in [0, 0.05) is 6.07 Å². The minimum Gasteiger partial charge on any atom is -0.482 e. The van der Waals surface area contributed by atoms with Gasteiger partial charge in [0.1, 0.15) is 11.6 Å². The van der Waals surface area contributed by atoms with Crippen molar-refractivity contribution in [2.45, 2.75) is 0 Å².